The average molecular weight is 301 g/mol. The quantitative estimate of drug-likeness (QED) is 0.354. The Kier molecular flexibility index (Phi) is 5.08. The molecule has 22 heavy (non-hydrogen) atoms. The number of carbonyl (C=O) groups excluding carboxylic acids is 1. The molecule has 0 atom stereocenters. The first kappa shape index (κ1) is 15.5. The molecule has 2 rings (SSSR count). The highest BCUT2D eigenvalue weighted by atomic mass is 16.6. The Labute approximate surface area is 127 Å². The van der Waals surface area contributed by atoms with Crippen molar-refractivity contribution >= 4 is 11.7 Å². The van der Waals surface area contributed by atoms with E-state index in [1.54, 1.807) is 7.11 Å². The van der Waals surface area contributed by atoms with Crippen molar-refractivity contribution in [2.24, 2.45) is 0 Å². The molecule has 114 valence electrons. The number of nitro groups is 1. The lowest BCUT2D eigenvalue weighted by Gasteiger charge is -2.05. The van der Waals surface area contributed by atoms with Crippen molar-refractivity contribution in [3.8, 4) is 11.5 Å². The van der Waals surface area contributed by atoms with Gasteiger partial charge in [0.25, 0.3) is 5.69 Å². The first-order valence-electron chi connectivity index (χ1n) is 6.66. The molecule has 0 aliphatic rings. The lowest BCUT2D eigenvalue weighted by Crippen LogP contribution is -2.09. The second kappa shape index (κ2) is 7.21. The van der Waals surface area contributed by atoms with Crippen LogP contribution in [0.1, 0.15) is 12.0 Å². The normalized spacial score (nSPS) is 10.0. The third-order valence-electron chi connectivity index (χ3n) is 3.04. The third-order valence-corrected chi connectivity index (χ3v) is 3.04. The number of nitro benzene ring substituents is 1. The number of benzene rings is 2. The van der Waals surface area contributed by atoms with Gasteiger partial charge in [-0.25, -0.2) is 0 Å². The van der Waals surface area contributed by atoms with E-state index >= 15 is 0 Å². The van der Waals surface area contributed by atoms with Gasteiger partial charge in [0.05, 0.1) is 18.1 Å². The number of ether oxygens (including phenoxy) is 2. The molecule has 2 aromatic rings. The van der Waals surface area contributed by atoms with Crippen LogP contribution in [0.3, 0.4) is 0 Å². The number of methoxy groups -OCH3 is 1. The van der Waals surface area contributed by atoms with Crippen LogP contribution in [0.15, 0.2) is 48.5 Å². The maximum atomic E-state index is 11.8. The van der Waals surface area contributed by atoms with Crippen molar-refractivity contribution in [3.63, 3.8) is 0 Å². The molecule has 0 aromatic heterocycles. The number of aryl methyl sites for hydroxylation is 1. The van der Waals surface area contributed by atoms with Crippen molar-refractivity contribution < 1.29 is 19.2 Å². The van der Waals surface area contributed by atoms with Crippen molar-refractivity contribution in [1.29, 1.82) is 0 Å². The van der Waals surface area contributed by atoms with Gasteiger partial charge in [-0.1, -0.05) is 18.2 Å². The van der Waals surface area contributed by atoms with Crippen LogP contribution in [0.5, 0.6) is 11.5 Å². The van der Waals surface area contributed by atoms with E-state index in [0.717, 1.165) is 11.3 Å². The minimum absolute atomic E-state index is 0.111. The van der Waals surface area contributed by atoms with Crippen LogP contribution in [0, 0.1) is 10.1 Å². The molecule has 0 spiro atoms. The lowest BCUT2D eigenvalue weighted by molar-refractivity contribution is -0.384. The predicted molar refractivity (Wildman–Crippen MR) is 80.0 cm³/mol. The molecule has 0 saturated heterocycles. The van der Waals surface area contributed by atoms with Gasteiger partial charge in [0, 0.05) is 12.5 Å². The molecule has 0 heterocycles. The van der Waals surface area contributed by atoms with E-state index in [1.165, 1.54) is 24.3 Å². The summed E-state index contributed by atoms with van der Waals surface area (Å²) in [6.07, 6.45) is 0.715. The molecule has 6 nitrogen and oxygen atoms in total. The number of non-ortho nitro benzene ring substituents is 1. The summed E-state index contributed by atoms with van der Waals surface area (Å²) in [4.78, 5) is 21.9. The van der Waals surface area contributed by atoms with E-state index in [9.17, 15) is 14.9 Å². The molecular weight excluding hydrogens is 286 g/mol. The number of hydrogen-bond donors (Lipinski definition) is 0. The fourth-order valence-electron chi connectivity index (χ4n) is 1.88. The maximum Gasteiger partial charge on any atom is 0.311 e. The average Bonchev–Trinajstić information content (AvgIpc) is 2.53. The van der Waals surface area contributed by atoms with E-state index in [-0.39, 0.29) is 17.9 Å². The lowest BCUT2D eigenvalue weighted by atomic mass is 10.1. The molecule has 2 aromatic carbocycles. The molecule has 0 N–H and O–H groups in total. The highest BCUT2D eigenvalue weighted by Crippen LogP contribution is 2.20. The summed E-state index contributed by atoms with van der Waals surface area (Å²) in [5.74, 6) is 0.494. The Morgan fingerprint density at radius 1 is 1.14 bits per heavy atom. The minimum atomic E-state index is -0.533. The second-order valence-electron chi connectivity index (χ2n) is 4.58. The van der Waals surface area contributed by atoms with Gasteiger partial charge in [-0.15, -0.1) is 0 Å². The Balaban J connectivity index is 1.89. The summed E-state index contributed by atoms with van der Waals surface area (Å²) >= 11 is 0. The van der Waals surface area contributed by atoms with E-state index in [2.05, 4.69) is 0 Å². The fourth-order valence-corrected chi connectivity index (χ4v) is 1.88. The van der Waals surface area contributed by atoms with Crippen LogP contribution in [-0.2, 0) is 11.2 Å². The van der Waals surface area contributed by atoms with Gasteiger partial charge >= 0.3 is 5.97 Å². The minimum Gasteiger partial charge on any atom is -0.497 e. The van der Waals surface area contributed by atoms with Crippen molar-refractivity contribution in [3.05, 3.63) is 64.2 Å². The summed E-state index contributed by atoms with van der Waals surface area (Å²) < 4.78 is 10.2. The van der Waals surface area contributed by atoms with Gasteiger partial charge in [-0.05, 0) is 30.2 Å². The molecule has 0 aliphatic carbocycles. The number of hydrogen-bond acceptors (Lipinski definition) is 5. The van der Waals surface area contributed by atoms with Crippen LogP contribution < -0.4 is 9.47 Å². The molecule has 0 unspecified atom stereocenters. The van der Waals surface area contributed by atoms with Gasteiger partial charge in [-0.3, -0.25) is 14.9 Å². The van der Waals surface area contributed by atoms with Crippen molar-refractivity contribution in [2.75, 3.05) is 7.11 Å². The first-order chi connectivity index (χ1) is 10.6. The van der Waals surface area contributed by atoms with Crippen molar-refractivity contribution in [1.82, 2.24) is 0 Å². The Morgan fingerprint density at radius 3 is 2.50 bits per heavy atom. The number of carbonyl (C=O) groups is 1. The first-order valence-corrected chi connectivity index (χ1v) is 6.66. The van der Waals surface area contributed by atoms with Gasteiger partial charge in [0.1, 0.15) is 11.5 Å². The van der Waals surface area contributed by atoms with Crippen molar-refractivity contribution in [2.45, 2.75) is 12.8 Å². The van der Waals surface area contributed by atoms with E-state index in [0.29, 0.717) is 6.42 Å². The summed E-state index contributed by atoms with van der Waals surface area (Å²) in [6, 6.07) is 12.9. The van der Waals surface area contributed by atoms with Gasteiger partial charge in [0.15, 0.2) is 0 Å². The highest BCUT2D eigenvalue weighted by molar-refractivity contribution is 5.72. The zero-order valence-electron chi connectivity index (χ0n) is 12.0. The smallest absolute Gasteiger partial charge is 0.311 e. The largest absolute Gasteiger partial charge is 0.497 e. The summed E-state index contributed by atoms with van der Waals surface area (Å²) in [5, 5.41) is 10.7. The van der Waals surface area contributed by atoms with Crippen LogP contribution in [0.4, 0.5) is 5.69 Å². The molecule has 0 amide bonds. The van der Waals surface area contributed by atoms with Gasteiger partial charge < -0.3 is 9.47 Å². The summed E-state index contributed by atoms with van der Waals surface area (Å²) in [6.45, 7) is 0. The van der Waals surface area contributed by atoms with Gasteiger partial charge in [-0.2, -0.15) is 0 Å². The van der Waals surface area contributed by atoms with Crippen LogP contribution >= 0.6 is 0 Å². The van der Waals surface area contributed by atoms with E-state index < -0.39 is 10.9 Å². The van der Waals surface area contributed by atoms with Crippen LogP contribution in [-0.4, -0.2) is 18.0 Å². The Hall–Kier alpha value is -2.89. The molecular formula is C16H15NO5. The number of nitrogens with zero attached hydrogens (tertiary/aromatic N) is 1. The number of rotatable bonds is 6. The van der Waals surface area contributed by atoms with E-state index in [4.69, 9.17) is 9.47 Å². The molecule has 0 bridgehead atoms. The predicted octanol–water partition coefficient (Wildman–Crippen LogP) is 3.14. The van der Waals surface area contributed by atoms with Crippen LogP contribution in [0.2, 0.25) is 0 Å². The van der Waals surface area contributed by atoms with Gasteiger partial charge in [0.2, 0.25) is 0 Å². The molecule has 0 radical (unpaired) electrons. The zero-order chi connectivity index (χ0) is 15.9. The third kappa shape index (κ3) is 4.31. The Morgan fingerprint density at radius 2 is 1.86 bits per heavy atom. The van der Waals surface area contributed by atoms with E-state index in [1.807, 2.05) is 24.3 Å². The zero-order valence-corrected chi connectivity index (χ0v) is 12.0. The monoisotopic (exact) mass is 301 g/mol. The summed E-state index contributed by atoms with van der Waals surface area (Å²) in [5.41, 5.74) is 0.872. The second-order valence-corrected chi connectivity index (χ2v) is 4.58. The molecule has 0 saturated carbocycles. The molecule has 6 heteroatoms. The highest BCUT2D eigenvalue weighted by Gasteiger charge is 2.10. The number of esters is 1. The Bertz CT molecular complexity index is 666. The summed E-state index contributed by atoms with van der Waals surface area (Å²) in [7, 11) is 1.59. The fraction of sp³-hybridized carbons (Fsp3) is 0.188. The SMILES string of the molecule is COc1ccc(CCC(=O)Oc2cccc([N+](=O)[O-])c2)cc1. The molecule has 0 fully saturated rings. The molecule has 0 aliphatic heterocycles. The topological polar surface area (TPSA) is 78.7 Å². The standard InChI is InChI=1S/C16H15NO5/c1-21-14-8-5-12(6-9-14)7-10-16(18)22-15-4-2-3-13(11-15)17(19)20/h2-6,8-9,11H,7,10H2,1H3. The maximum absolute atomic E-state index is 11.8. The van der Waals surface area contributed by atoms with Crippen LogP contribution in [0.25, 0.3) is 0 Å².